The molecule has 0 spiro atoms. The van der Waals surface area contributed by atoms with E-state index < -0.39 is 5.97 Å². The summed E-state index contributed by atoms with van der Waals surface area (Å²) in [6.07, 6.45) is 0.895. The fourth-order valence-electron chi connectivity index (χ4n) is 2.48. The summed E-state index contributed by atoms with van der Waals surface area (Å²) < 4.78 is 10.3. The maximum atomic E-state index is 12.3. The first-order valence-electron chi connectivity index (χ1n) is 7.16. The van der Waals surface area contributed by atoms with E-state index in [1.165, 1.54) is 14.2 Å². The number of ether oxygens (including phenoxy) is 2. The summed E-state index contributed by atoms with van der Waals surface area (Å²) in [5, 5.41) is 12.1. The van der Waals surface area contributed by atoms with Crippen molar-refractivity contribution in [2.75, 3.05) is 32.6 Å². The maximum Gasteiger partial charge on any atom is 0.321 e. The highest BCUT2D eigenvalue weighted by Gasteiger charge is 2.27. The smallest absolute Gasteiger partial charge is 0.321 e. The SMILES string of the molecule is COc1cc(OC)c(NC(=O)N2CCC(C(=O)O)CC2)cc1Cl. The summed E-state index contributed by atoms with van der Waals surface area (Å²) in [7, 11) is 2.97. The summed E-state index contributed by atoms with van der Waals surface area (Å²) in [5.41, 5.74) is 0.434. The van der Waals surface area contributed by atoms with Crippen LogP contribution in [0.5, 0.6) is 11.5 Å². The zero-order valence-corrected chi connectivity index (χ0v) is 13.7. The lowest BCUT2D eigenvalue weighted by Gasteiger charge is -2.30. The molecule has 1 aromatic rings. The molecule has 23 heavy (non-hydrogen) atoms. The molecule has 2 rings (SSSR count). The van der Waals surface area contributed by atoms with E-state index in [4.69, 9.17) is 26.2 Å². The number of halogens is 1. The Balaban J connectivity index is 2.06. The molecule has 2 N–H and O–H groups in total. The Morgan fingerprint density at radius 1 is 1.22 bits per heavy atom. The standard InChI is InChI=1S/C15H19ClN2O5/c1-22-12-8-13(23-2)11(7-10(12)16)17-15(21)18-5-3-9(4-6-18)14(19)20/h7-9H,3-6H2,1-2H3,(H,17,21)(H,19,20). The lowest BCUT2D eigenvalue weighted by atomic mass is 9.97. The summed E-state index contributed by atoms with van der Waals surface area (Å²) in [5.74, 6) is -0.318. The van der Waals surface area contributed by atoms with Crippen molar-refractivity contribution in [3.63, 3.8) is 0 Å². The van der Waals surface area contributed by atoms with Crippen LogP contribution in [0.4, 0.5) is 10.5 Å². The van der Waals surface area contributed by atoms with Gasteiger partial charge in [0.1, 0.15) is 11.5 Å². The number of carboxylic acid groups (broad SMARTS) is 1. The van der Waals surface area contributed by atoms with E-state index in [0.717, 1.165) is 0 Å². The molecule has 0 aliphatic carbocycles. The van der Waals surface area contributed by atoms with Gasteiger partial charge in [-0.3, -0.25) is 4.79 Å². The molecule has 1 aliphatic heterocycles. The van der Waals surface area contributed by atoms with Crippen LogP contribution in [0.25, 0.3) is 0 Å². The number of benzene rings is 1. The first-order chi connectivity index (χ1) is 11.0. The van der Waals surface area contributed by atoms with Crippen molar-refractivity contribution in [3.8, 4) is 11.5 Å². The van der Waals surface area contributed by atoms with E-state index >= 15 is 0 Å². The molecule has 0 atom stereocenters. The van der Waals surface area contributed by atoms with Crippen molar-refractivity contribution < 1.29 is 24.2 Å². The Kier molecular flexibility index (Phi) is 5.54. The zero-order chi connectivity index (χ0) is 17.0. The van der Waals surface area contributed by atoms with Crippen molar-refractivity contribution >= 4 is 29.3 Å². The van der Waals surface area contributed by atoms with Gasteiger partial charge in [0.2, 0.25) is 0 Å². The number of carbonyl (C=O) groups is 2. The quantitative estimate of drug-likeness (QED) is 0.878. The van der Waals surface area contributed by atoms with Gasteiger partial charge in [-0.05, 0) is 18.9 Å². The van der Waals surface area contributed by atoms with Gasteiger partial charge < -0.3 is 24.8 Å². The molecule has 1 aromatic carbocycles. The molecule has 1 fully saturated rings. The number of carboxylic acids is 1. The summed E-state index contributed by atoms with van der Waals surface area (Å²) in [4.78, 5) is 24.8. The predicted octanol–water partition coefficient (Wildman–Crippen LogP) is 2.69. The summed E-state index contributed by atoms with van der Waals surface area (Å²) >= 11 is 6.07. The first kappa shape index (κ1) is 17.2. The third kappa shape index (κ3) is 3.98. The molecule has 0 bridgehead atoms. The second-order valence-electron chi connectivity index (χ2n) is 5.22. The summed E-state index contributed by atoms with van der Waals surface area (Å²) in [6.45, 7) is 0.796. The Morgan fingerprint density at radius 3 is 2.35 bits per heavy atom. The molecule has 1 heterocycles. The van der Waals surface area contributed by atoms with Crippen LogP contribution in [0.1, 0.15) is 12.8 Å². The number of likely N-dealkylation sites (tertiary alicyclic amines) is 1. The van der Waals surface area contributed by atoms with Crippen LogP contribution in [0.3, 0.4) is 0 Å². The number of rotatable bonds is 4. The van der Waals surface area contributed by atoms with E-state index in [1.807, 2.05) is 0 Å². The number of carbonyl (C=O) groups excluding carboxylic acids is 1. The van der Waals surface area contributed by atoms with Gasteiger partial charge in [0, 0.05) is 19.2 Å². The van der Waals surface area contributed by atoms with Crippen molar-refractivity contribution in [3.05, 3.63) is 17.2 Å². The van der Waals surface area contributed by atoms with Gasteiger partial charge in [-0.15, -0.1) is 0 Å². The minimum Gasteiger partial charge on any atom is -0.495 e. The molecule has 126 valence electrons. The van der Waals surface area contributed by atoms with Gasteiger partial charge in [-0.1, -0.05) is 11.6 Å². The van der Waals surface area contributed by atoms with Crippen LogP contribution >= 0.6 is 11.6 Å². The van der Waals surface area contributed by atoms with Crippen LogP contribution in [0.2, 0.25) is 5.02 Å². The van der Waals surface area contributed by atoms with Crippen molar-refractivity contribution in [2.45, 2.75) is 12.8 Å². The molecule has 0 unspecified atom stereocenters. The van der Waals surface area contributed by atoms with Gasteiger partial charge in [0.05, 0.1) is 30.8 Å². The minimum atomic E-state index is -0.811. The number of hydrogen-bond acceptors (Lipinski definition) is 4. The zero-order valence-electron chi connectivity index (χ0n) is 13.0. The van der Waals surface area contributed by atoms with Crippen molar-refractivity contribution in [1.82, 2.24) is 4.90 Å². The van der Waals surface area contributed by atoms with E-state index in [2.05, 4.69) is 5.32 Å². The predicted molar refractivity (Wildman–Crippen MR) is 85.5 cm³/mol. The fraction of sp³-hybridized carbons (Fsp3) is 0.467. The Labute approximate surface area is 139 Å². The fourth-order valence-corrected chi connectivity index (χ4v) is 2.72. The number of hydrogen-bond donors (Lipinski definition) is 2. The van der Waals surface area contributed by atoms with Crippen LogP contribution in [-0.4, -0.2) is 49.3 Å². The van der Waals surface area contributed by atoms with Crippen LogP contribution in [0, 0.1) is 5.92 Å². The molecular formula is C15H19ClN2O5. The number of aliphatic carboxylic acids is 1. The molecule has 0 radical (unpaired) electrons. The van der Waals surface area contributed by atoms with E-state index in [1.54, 1.807) is 17.0 Å². The second-order valence-corrected chi connectivity index (χ2v) is 5.62. The van der Waals surface area contributed by atoms with E-state index in [9.17, 15) is 9.59 Å². The molecule has 0 aromatic heterocycles. The highest BCUT2D eigenvalue weighted by Crippen LogP contribution is 2.36. The largest absolute Gasteiger partial charge is 0.495 e. The third-order valence-electron chi connectivity index (χ3n) is 3.85. The van der Waals surface area contributed by atoms with Crippen LogP contribution in [-0.2, 0) is 4.79 Å². The van der Waals surface area contributed by atoms with Gasteiger partial charge in [0.15, 0.2) is 0 Å². The number of amides is 2. The van der Waals surface area contributed by atoms with E-state index in [0.29, 0.717) is 48.1 Å². The number of nitrogens with zero attached hydrogens (tertiary/aromatic N) is 1. The Hall–Kier alpha value is -2.15. The number of anilines is 1. The molecular weight excluding hydrogens is 324 g/mol. The highest BCUT2D eigenvalue weighted by molar-refractivity contribution is 6.32. The average molecular weight is 343 g/mol. The number of piperidine rings is 1. The number of nitrogens with one attached hydrogen (secondary N) is 1. The molecule has 7 nitrogen and oxygen atoms in total. The third-order valence-corrected chi connectivity index (χ3v) is 4.14. The average Bonchev–Trinajstić information content (AvgIpc) is 2.55. The second kappa shape index (κ2) is 7.41. The number of urea groups is 1. The minimum absolute atomic E-state index is 0.312. The van der Waals surface area contributed by atoms with Crippen molar-refractivity contribution in [2.24, 2.45) is 5.92 Å². The molecule has 1 aliphatic rings. The first-order valence-corrected chi connectivity index (χ1v) is 7.54. The maximum absolute atomic E-state index is 12.3. The molecule has 0 saturated carbocycles. The molecule has 8 heteroatoms. The Morgan fingerprint density at radius 2 is 1.83 bits per heavy atom. The van der Waals surface area contributed by atoms with Gasteiger partial charge in [0.25, 0.3) is 0 Å². The van der Waals surface area contributed by atoms with Gasteiger partial charge >= 0.3 is 12.0 Å². The number of methoxy groups -OCH3 is 2. The Bertz CT molecular complexity index is 600. The van der Waals surface area contributed by atoms with Gasteiger partial charge in [-0.25, -0.2) is 4.79 Å². The van der Waals surface area contributed by atoms with Crippen molar-refractivity contribution in [1.29, 1.82) is 0 Å². The van der Waals surface area contributed by atoms with Gasteiger partial charge in [-0.2, -0.15) is 0 Å². The van der Waals surface area contributed by atoms with Crippen LogP contribution in [0.15, 0.2) is 12.1 Å². The lowest BCUT2D eigenvalue weighted by molar-refractivity contribution is -0.143. The summed E-state index contributed by atoms with van der Waals surface area (Å²) in [6, 6.07) is 2.84. The molecule has 1 saturated heterocycles. The van der Waals surface area contributed by atoms with Crippen LogP contribution < -0.4 is 14.8 Å². The topological polar surface area (TPSA) is 88.1 Å². The molecule has 2 amide bonds. The van der Waals surface area contributed by atoms with E-state index in [-0.39, 0.29) is 11.9 Å². The normalized spacial score (nSPS) is 15.2. The monoisotopic (exact) mass is 342 g/mol. The highest BCUT2D eigenvalue weighted by atomic mass is 35.5. The lowest BCUT2D eigenvalue weighted by Crippen LogP contribution is -2.42.